The van der Waals surface area contributed by atoms with Crippen LogP contribution in [0.3, 0.4) is 0 Å². The van der Waals surface area contributed by atoms with Crippen LogP contribution in [-0.2, 0) is 16.2 Å². The first kappa shape index (κ1) is 38.4. The third-order valence-corrected chi connectivity index (χ3v) is 15.1. The van der Waals surface area contributed by atoms with Crippen molar-refractivity contribution in [2.75, 3.05) is 4.81 Å². The number of benzene rings is 8. The summed E-state index contributed by atoms with van der Waals surface area (Å²) >= 11 is 0. The van der Waals surface area contributed by atoms with Crippen LogP contribution < -0.4 is 15.7 Å². The number of aryl methyl sites for hydroxylation is 3. The number of aromatic nitrogens is 1. The Hall–Kier alpha value is -6.32. The van der Waals surface area contributed by atoms with E-state index in [9.17, 15) is 0 Å². The molecule has 8 aromatic carbocycles. The largest absolute Gasteiger partial charge is 0.376 e. The van der Waals surface area contributed by atoms with Gasteiger partial charge in [0.05, 0.1) is 11.0 Å². The van der Waals surface area contributed by atoms with E-state index in [0.717, 1.165) is 0 Å². The topological polar surface area (TPSA) is 8.17 Å². The van der Waals surface area contributed by atoms with Gasteiger partial charge in [-0.25, -0.2) is 0 Å². The summed E-state index contributed by atoms with van der Waals surface area (Å²) in [6.07, 6.45) is 0. The maximum Gasteiger partial charge on any atom is 0.333 e. The third-order valence-electron chi connectivity index (χ3n) is 15.1. The summed E-state index contributed by atoms with van der Waals surface area (Å²) in [5, 5.41) is 5.19. The molecule has 0 atom stereocenters. The lowest BCUT2D eigenvalue weighted by Crippen LogP contribution is -2.60. The molecule has 63 heavy (non-hydrogen) atoms. The molecule has 3 aliphatic rings. The molecule has 0 bridgehead atoms. The molecule has 2 aliphatic heterocycles. The Kier molecular flexibility index (Phi) is 7.71. The van der Waals surface area contributed by atoms with Crippen molar-refractivity contribution >= 4 is 61.7 Å². The zero-order valence-electron chi connectivity index (χ0n) is 38.7. The second kappa shape index (κ2) is 12.7. The van der Waals surface area contributed by atoms with Gasteiger partial charge in [0, 0.05) is 38.8 Å². The highest BCUT2D eigenvalue weighted by Crippen LogP contribution is 2.53. The summed E-state index contributed by atoms with van der Waals surface area (Å²) in [5.74, 6) is 0. The maximum atomic E-state index is 2.73. The highest BCUT2D eigenvalue weighted by atomic mass is 15.1. The number of fused-ring (bicyclic) bond motifs is 11. The van der Waals surface area contributed by atoms with Crippen molar-refractivity contribution in [1.29, 1.82) is 0 Å². The molecule has 2 nitrogen and oxygen atoms in total. The average molecular weight is 815 g/mol. The van der Waals surface area contributed by atoms with E-state index in [2.05, 4.69) is 219 Å². The van der Waals surface area contributed by atoms with Crippen LogP contribution in [0.2, 0.25) is 0 Å². The van der Waals surface area contributed by atoms with E-state index in [1.165, 1.54) is 133 Å². The molecule has 3 heteroatoms. The quantitative estimate of drug-likeness (QED) is 0.158. The third kappa shape index (κ3) is 5.32. The highest BCUT2D eigenvalue weighted by molar-refractivity contribution is 6.93. The lowest BCUT2D eigenvalue weighted by atomic mass is 9.43. The van der Waals surface area contributed by atoms with Gasteiger partial charge >= 0.3 is 6.85 Å². The van der Waals surface area contributed by atoms with Crippen molar-refractivity contribution in [3.63, 3.8) is 0 Å². The normalized spacial score (nSPS) is 14.7. The second-order valence-corrected chi connectivity index (χ2v) is 21.6. The maximum absolute atomic E-state index is 2.73. The van der Waals surface area contributed by atoms with Crippen LogP contribution in [0.1, 0.15) is 94.3 Å². The van der Waals surface area contributed by atoms with Crippen molar-refractivity contribution in [2.24, 2.45) is 0 Å². The van der Waals surface area contributed by atoms with Gasteiger partial charge in [0.15, 0.2) is 0 Å². The molecule has 0 N–H and O–H groups in total. The molecule has 0 saturated heterocycles. The predicted octanol–water partition coefficient (Wildman–Crippen LogP) is 14.7. The van der Waals surface area contributed by atoms with Crippen molar-refractivity contribution in [2.45, 2.75) is 92.4 Å². The molecule has 12 rings (SSSR count). The van der Waals surface area contributed by atoms with Gasteiger partial charge in [0.25, 0.3) is 0 Å². The molecule has 1 aliphatic carbocycles. The van der Waals surface area contributed by atoms with E-state index in [1.54, 1.807) is 0 Å². The summed E-state index contributed by atoms with van der Waals surface area (Å²) in [6, 6.07) is 52.5. The van der Waals surface area contributed by atoms with Gasteiger partial charge in [-0.15, -0.1) is 0 Å². The molecule has 0 spiro atoms. The Balaban J connectivity index is 1.27. The minimum absolute atomic E-state index is 0.0126. The van der Waals surface area contributed by atoms with Crippen molar-refractivity contribution in [3.05, 3.63) is 172 Å². The van der Waals surface area contributed by atoms with Crippen LogP contribution in [0, 0.1) is 20.8 Å². The van der Waals surface area contributed by atoms with Gasteiger partial charge in [-0.1, -0.05) is 140 Å². The fraction of sp³-hybridized carbons (Fsp3) is 0.233. The summed E-state index contributed by atoms with van der Waals surface area (Å²) in [7, 11) is 0. The summed E-state index contributed by atoms with van der Waals surface area (Å²) < 4.78 is 2.66. The molecule has 0 radical (unpaired) electrons. The molecular weight excluding hydrogens is 759 g/mol. The molecule has 3 heterocycles. The first-order chi connectivity index (χ1) is 30.0. The van der Waals surface area contributed by atoms with Gasteiger partial charge in [-0.2, -0.15) is 0 Å². The second-order valence-electron chi connectivity index (χ2n) is 21.6. The molecule has 0 amide bonds. The lowest BCUT2D eigenvalue weighted by Gasteiger charge is -2.43. The molecular formula is C60H55BN2. The van der Waals surface area contributed by atoms with Gasteiger partial charge in [0.1, 0.15) is 0 Å². The summed E-state index contributed by atoms with van der Waals surface area (Å²) in [5.41, 5.74) is 26.3. The van der Waals surface area contributed by atoms with Gasteiger partial charge in [-0.3, -0.25) is 0 Å². The van der Waals surface area contributed by atoms with E-state index in [1.807, 2.05) is 0 Å². The Morgan fingerprint density at radius 2 is 1.19 bits per heavy atom. The number of hydrogen-bond donors (Lipinski definition) is 0. The Labute approximate surface area is 373 Å². The Morgan fingerprint density at radius 1 is 0.524 bits per heavy atom. The fourth-order valence-electron chi connectivity index (χ4n) is 12.0. The molecule has 1 aromatic heterocycles. The Morgan fingerprint density at radius 3 is 1.92 bits per heavy atom. The minimum atomic E-state index is -0.0793. The highest BCUT2D eigenvalue weighted by Gasteiger charge is 2.46. The van der Waals surface area contributed by atoms with Crippen LogP contribution in [0.25, 0.3) is 71.6 Å². The number of nitrogens with zero attached hydrogens (tertiary/aromatic N) is 2. The van der Waals surface area contributed by atoms with Crippen LogP contribution in [-0.4, -0.2) is 11.4 Å². The fourth-order valence-corrected chi connectivity index (χ4v) is 12.0. The number of anilines is 2. The van der Waals surface area contributed by atoms with Crippen LogP contribution in [0.4, 0.5) is 11.4 Å². The smallest absolute Gasteiger partial charge is 0.333 e. The monoisotopic (exact) mass is 814 g/mol. The van der Waals surface area contributed by atoms with E-state index < -0.39 is 0 Å². The molecule has 0 saturated carbocycles. The zero-order chi connectivity index (χ0) is 43.6. The van der Waals surface area contributed by atoms with Crippen molar-refractivity contribution in [1.82, 2.24) is 4.57 Å². The van der Waals surface area contributed by atoms with Crippen LogP contribution in [0.15, 0.2) is 133 Å². The van der Waals surface area contributed by atoms with E-state index in [-0.39, 0.29) is 23.1 Å². The van der Waals surface area contributed by atoms with Crippen molar-refractivity contribution in [3.8, 4) is 39.1 Å². The van der Waals surface area contributed by atoms with Crippen molar-refractivity contribution < 1.29 is 0 Å². The standard InChI is InChI=1S/C60H55BN2/c1-34-24-35(2)55(36(3)25-34)39-27-47-45-26-37-16-12-13-17-38(37)28-53(45)63(42-21-22-50-44(33-42)43-18-14-15-19-49(43)60(50,10)11)61-51-32-41(59(7,8)9)31-48-46-30-40(58(4,5)6)20-23-52(46)62(57(48)51)54(29-39)56(47)61/h12-33H,1-11H3. The molecule has 308 valence electrons. The van der Waals surface area contributed by atoms with Crippen LogP contribution in [0.5, 0.6) is 0 Å². The van der Waals surface area contributed by atoms with Gasteiger partial charge < -0.3 is 9.38 Å². The Bertz CT molecular complexity index is 3470. The first-order valence-electron chi connectivity index (χ1n) is 23.0. The minimum Gasteiger partial charge on any atom is -0.376 e. The summed E-state index contributed by atoms with van der Waals surface area (Å²) in [4.78, 5) is 2.73. The van der Waals surface area contributed by atoms with E-state index in [0.29, 0.717) is 0 Å². The average Bonchev–Trinajstić information content (AvgIpc) is 3.69. The molecule has 9 aromatic rings. The van der Waals surface area contributed by atoms with Gasteiger partial charge in [0.2, 0.25) is 0 Å². The summed E-state index contributed by atoms with van der Waals surface area (Å²) in [6.45, 7) is 25.6. The number of hydrogen-bond acceptors (Lipinski definition) is 1. The molecule has 0 unspecified atom stereocenters. The van der Waals surface area contributed by atoms with E-state index >= 15 is 0 Å². The molecule has 0 fully saturated rings. The number of rotatable bonds is 2. The van der Waals surface area contributed by atoms with Gasteiger partial charge in [-0.05, 0) is 169 Å². The SMILES string of the molecule is Cc1cc(C)c(-c2cc3c4c(c2)-n2c5ccc(C(C)(C)C)cc5c5cc(C(C)(C)C)cc(c52)B4N(c2ccc4c(c2)-c2ccccc2C4(C)C)c2cc4ccccc4cc2-3)c(C)c1. The lowest BCUT2D eigenvalue weighted by molar-refractivity contribution is 0.590. The van der Waals surface area contributed by atoms with Crippen LogP contribution >= 0.6 is 0 Å². The predicted molar refractivity (Wildman–Crippen MR) is 272 cm³/mol. The first-order valence-corrected chi connectivity index (χ1v) is 23.0. The van der Waals surface area contributed by atoms with E-state index in [4.69, 9.17) is 0 Å². The zero-order valence-corrected chi connectivity index (χ0v) is 38.7.